The van der Waals surface area contributed by atoms with E-state index in [0.717, 1.165) is 24.6 Å². The summed E-state index contributed by atoms with van der Waals surface area (Å²) in [6.45, 7) is 9.43. The summed E-state index contributed by atoms with van der Waals surface area (Å²) in [5, 5.41) is 0. The zero-order valence-electron chi connectivity index (χ0n) is 10.2. The highest BCUT2D eigenvalue weighted by atomic mass is 16.5. The smallest absolute Gasteiger partial charge is 0.213 e. The largest absolute Gasteiger partial charge is 0.478 e. The van der Waals surface area contributed by atoms with Crippen LogP contribution < -0.4 is 4.74 Å². The molecule has 0 aliphatic rings. The lowest BCUT2D eigenvalue weighted by Gasteiger charge is -2.09. The summed E-state index contributed by atoms with van der Waals surface area (Å²) >= 11 is 0. The van der Waals surface area contributed by atoms with Gasteiger partial charge in [-0.25, -0.2) is 4.98 Å². The number of ether oxygens (including phenoxy) is 1. The summed E-state index contributed by atoms with van der Waals surface area (Å²) in [6, 6.07) is 5.97. The van der Waals surface area contributed by atoms with Crippen LogP contribution in [0.15, 0.2) is 18.2 Å². The van der Waals surface area contributed by atoms with Crippen LogP contribution in [0.25, 0.3) is 0 Å². The molecule has 0 spiro atoms. The van der Waals surface area contributed by atoms with Gasteiger partial charge in [-0.2, -0.15) is 0 Å². The summed E-state index contributed by atoms with van der Waals surface area (Å²) in [6.07, 6.45) is 1.08. The van der Waals surface area contributed by atoms with Crippen LogP contribution in [0.5, 0.6) is 5.88 Å². The van der Waals surface area contributed by atoms with Crippen molar-refractivity contribution in [2.45, 2.75) is 40.0 Å². The van der Waals surface area contributed by atoms with E-state index in [1.807, 2.05) is 18.2 Å². The highest BCUT2D eigenvalue weighted by Crippen LogP contribution is 2.15. The predicted octanol–water partition coefficient (Wildman–Crippen LogP) is 3.63. The highest BCUT2D eigenvalue weighted by Gasteiger charge is 2.02. The first-order chi connectivity index (χ1) is 7.09. The quantitative estimate of drug-likeness (QED) is 0.735. The third-order valence-electron chi connectivity index (χ3n) is 2.28. The average Bonchev–Trinajstić information content (AvgIpc) is 2.17. The van der Waals surface area contributed by atoms with Crippen LogP contribution in [0.2, 0.25) is 0 Å². The Morgan fingerprint density at radius 2 is 1.93 bits per heavy atom. The van der Waals surface area contributed by atoms with Crippen molar-refractivity contribution in [3.63, 3.8) is 0 Å². The number of hydrogen-bond acceptors (Lipinski definition) is 2. The maximum atomic E-state index is 5.60. The van der Waals surface area contributed by atoms with Crippen molar-refractivity contribution in [3.05, 3.63) is 23.9 Å². The molecule has 1 aromatic rings. The number of pyridine rings is 1. The van der Waals surface area contributed by atoms with E-state index in [-0.39, 0.29) is 0 Å². The number of hydrogen-bond donors (Lipinski definition) is 0. The second-order valence-corrected chi connectivity index (χ2v) is 4.59. The molecule has 1 heterocycles. The van der Waals surface area contributed by atoms with Crippen molar-refractivity contribution in [1.29, 1.82) is 0 Å². The maximum absolute atomic E-state index is 5.60. The lowest BCUT2D eigenvalue weighted by molar-refractivity contribution is 0.278. The summed E-state index contributed by atoms with van der Waals surface area (Å²) in [7, 11) is 0. The van der Waals surface area contributed by atoms with Gasteiger partial charge in [0, 0.05) is 11.8 Å². The third-order valence-corrected chi connectivity index (χ3v) is 2.28. The molecule has 0 N–H and O–H groups in total. The van der Waals surface area contributed by atoms with Crippen LogP contribution in [-0.2, 0) is 0 Å². The van der Waals surface area contributed by atoms with E-state index in [4.69, 9.17) is 4.74 Å². The van der Waals surface area contributed by atoms with Gasteiger partial charge in [-0.3, -0.25) is 0 Å². The van der Waals surface area contributed by atoms with Crippen LogP contribution in [0.4, 0.5) is 0 Å². The minimum Gasteiger partial charge on any atom is -0.478 e. The van der Waals surface area contributed by atoms with Crippen LogP contribution in [0.3, 0.4) is 0 Å². The highest BCUT2D eigenvalue weighted by molar-refractivity contribution is 5.17. The minimum absolute atomic E-state index is 0.457. The van der Waals surface area contributed by atoms with Crippen molar-refractivity contribution >= 4 is 0 Å². The van der Waals surface area contributed by atoms with Crippen LogP contribution in [-0.4, -0.2) is 11.6 Å². The Bertz CT molecular complexity index is 294. The summed E-state index contributed by atoms with van der Waals surface area (Å²) in [5.74, 6) is 1.89. The number of nitrogens with zero attached hydrogens (tertiary/aromatic N) is 1. The zero-order valence-corrected chi connectivity index (χ0v) is 10.2. The van der Waals surface area contributed by atoms with Crippen LogP contribution in [0, 0.1) is 5.92 Å². The molecular weight excluding hydrogens is 186 g/mol. The van der Waals surface area contributed by atoms with E-state index in [1.165, 1.54) is 0 Å². The fraction of sp³-hybridized carbons (Fsp3) is 0.615. The second kappa shape index (κ2) is 5.74. The third kappa shape index (κ3) is 4.32. The SMILES string of the molecule is CC(C)CCOc1cccc(C(C)C)n1. The fourth-order valence-electron chi connectivity index (χ4n) is 1.23. The van der Waals surface area contributed by atoms with Gasteiger partial charge in [0.05, 0.1) is 6.61 Å². The van der Waals surface area contributed by atoms with Gasteiger partial charge in [-0.1, -0.05) is 33.8 Å². The molecule has 15 heavy (non-hydrogen) atoms. The Hall–Kier alpha value is -1.05. The first-order valence-electron chi connectivity index (χ1n) is 5.69. The predicted molar refractivity (Wildman–Crippen MR) is 63.3 cm³/mol. The van der Waals surface area contributed by atoms with Gasteiger partial charge in [-0.05, 0) is 24.3 Å². The monoisotopic (exact) mass is 207 g/mol. The van der Waals surface area contributed by atoms with Crippen molar-refractivity contribution < 1.29 is 4.74 Å². The Morgan fingerprint density at radius 3 is 2.53 bits per heavy atom. The van der Waals surface area contributed by atoms with Gasteiger partial charge in [0.2, 0.25) is 5.88 Å². The summed E-state index contributed by atoms with van der Waals surface area (Å²) in [4.78, 5) is 4.45. The molecular formula is C13H21NO. The van der Waals surface area contributed by atoms with Crippen molar-refractivity contribution in [2.24, 2.45) is 5.92 Å². The summed E-state index contributed by atoms with van der Waals surface area (Å²) < 4.78 is 5.60. The normalized spacial score (nSPS) is 11.1. The molecule has 0 radical (unpaired) electrons. The lowest BCUT2D eigenvalue weighted by atomic mass is 10.1. The molecule has 0 saturated heterocycles. The van der Waals surface area contributed by atoms with Gasteiger partial charge >= 0.3 is 0 Å². The van der Waals surface area contributed by atoms with E-state index >= 15 is 0 Å². The van der Waals surface area contributed by atoms with E-state index in [2.05, 4.69) is 32.7 Å². The van der Waals surface area contributed by atoms with Gasteiger partial charge in [0.15, 0.2) is 0 Å². The minimum atomic E-state index is 0.457. The first-order valence-corrected chi connectivity index (χ1v) is 5.69. The Balaban J connectivity index is 2.50. The Morgan fingerprint density at radius 1 is 1.20 bits per heavy atom. The first kappa shape index (κ1) is 12.0. The van der Waals surface area contributed by atoms with Gasteiger partial charge in [0.1, 0.15) is 0 Å². The van der Waals surface area contributed by atoms with Crippen LogP contribution in [0.1, 0.15) is 45.7 Å². The molecule has 0 aromatic carbocycles. The topological polar surface area (TPSA) is 22.1 Å². The maximum Gasteiger partial charge on any atom is 0.213 e. The fourth-order valence-corrected chi connectivity index (χ4v) is 1.23. The molecule has 2 heteroatoms. The van der Waals surface area contributed by atoms with Crippen LogP contribution >= 0.6 is 0 Å². The lowest BCUT2D eigenvalue weighted by Crippen LogP contribution is -2.03. The van der Waals surface area contributed by atoms with E-state index in [1.54, 1.807) is 0 Å². The molecule has 0 bridgehead atoms. The molecule has 0 aliphatic heterocycles. The van der Waals surface area contributed by atoms with Gasteiger partial charge in [0.25, 0.3) is 0 Å². The van der Waals surface area contributed by atoms with E-state index < -0.39 is 0 Å². The summed E-state index contributed by atoms with van der Waals surface area (Å²) in [5.41, 5.74) is 1.09. The molecule has 0 fully saturated rings. The van der Waals surface area contributed by atoms with Crippen molar-refractivity contribution in [3.8, 4) is 5.88 Å². The Kier molecular flexibility index (Phi) is 4.60. The Labute approximate surface area is 92.7 Å². The second-order valence-electron chi connectivity index (χ2n) is 4.59. The molecule has 2 nitrogen and oxygen atoms in total. The molecule has 0 atom stereocenters. The van der Waals surface area contributed by atoms with Gasteiger partial charge < -0.3 is 4.74 Å². The molecule has 84 valence electrons. The molecule has 0 unspecified atom stereocenters. The van der Waals surface area contributed by atoms with Gasteiger partial charge in [-0.15, -0.1) is 0 Å². The number of aromatic nitrogens is 1. The number of rotatable bonds is 5. The molecule has 0 aliphatic carbocycles. The molecule has 1 aromatic heterocycles. The molecule has 1 rings (SSSR count). The van der Waals surface area contributed by atoms with Crippen molar-refractivity contribution in [1.82, 2.24) is 4.98 Å². The standard InChI is InChI=1S/C13H21NO/c1-10(2)8-9-15-13-7-5-6-12(14-13)11(3)4/h5-7,10-11H,8-9H2,1-4H3. The average molecular weight is 207 g/mol. The van der Waals surface area contributed by atoms with E-state index in [0.29, 0.717) is 11.8 Å². The molecule has 0 saturated carbocycles. The zero-order chi connectivity index (χ0) is 11.3. The van der Waals surface area contributed by atoms with E-state index in [9.17, 15) is 0 Å². The molecule has 0 amide bonds. The van der Waals surface area contributed by atoms with Crippen molar-refractivity contribution in [2.75, 3.05) is 6.61 Å².